The average Bonchev–Trinajstić information content (AvgIpc) is 2.95. The summed E-state index contributed by atoms with van der Waals surface area (Å²) in [6, 6.07) is 0.486. The molecule has 0 aromatic carbocycles. The second-order valence-corrected chi connectivity index (χ2v) is 5.41. The molecule has 0 spiro atoms. The summed E-state index contributed by atoms with van der Waals surface area (Å²) in [5.74, 6) is 0. The molecule has 2 rings (SSSR count). The van der Waals surface area contributed by atoms with Gasteiger partial charge in [-0.3, -0.25) is 0 Å². The topological polar surface area (TPSA) is 60.2 Å². The van der Waals surface area contributed by atoms with Gasteiger partial charge in [-0.25, -0.2) is 4.98 Å². The minimum Gasteiger partial charge on any atom is -0.380 e. The Balaban J connectivity index is 1.80. The van der Waals surface area contributed by atoms with E-state index in [-0.39, 0.29) is 0 Å². The number of nitrogens with two attached hydrogens (primary N) is 1. The quantitative estimate of drug-likeness (QED) is 0.804. The Morgan fingerprint density at radius 2 is 2.47 bits per heavy atom. The highest BCUT2D eigenvalue weighted by atomic mass is 32.1. The van der Waals surface area contributed by atoms with Gasteiger partial charge in [0.05, 0.1) is 16.8 Å². The van der Waals surface area contributed by atoms with Gasteiger partial charge in [0, 0.05) is 31.5 Å². The van der Waals surface area contributed by atoms with Crippen molar-refractivity contribution in [3.8, 4) is 0 Å². The van der Waals surface area contributed by atoms with Crippen LogP contribution in [0.5, 0.6) is 0 Å². The monoisotopic (exact) mass is 255 g/mol. The number of thiazole rings is 1. The van der Waals surface area contributed by atoms with Crippen molar-refractivity contribution >= 4 is 11.3 Å². The first-order valence-corrected chi connectivity index (χ1v) is 7.11. The van der Waals surface area contributed by atoms with Crippen molar-refractivity contribution < 1.29 is 4.74 Å². The van der Waals surface area contributed by atoms with Crippen molar-refractivity contribution in [2.24, 2.45) is 5.73 Å². The maximum Gasteiger partial charge on any atom is 0.0941 e. The third-order valence-corrected chi connectivity index (χ3v) is 4.22. The minimum atomic E-state index is 0.372. The molecule has 0 saturated heterocycles. The normalized spacial score (nSPS) is 24.4. The molecule has 0 amide bonds. The van der Waals surface area contributed by atoms with Gasteiger partial charge in [-0.2, -0.15) is 0 Å². The van der Waals surface area contributed by atoms with Crippen LogP contribution in [0.15, 0.2) is 5.38 Å². The summed E-state index contributed by atoms with van der Waals surface area (Å²) in [6.07, 6.45) is 4.89. The SMILES string of the molecule is COC1CCCC1NCc1csc(CCN)n1. The number of hydrogen-bond acceptors (Lipinski definition) is 5. The Morgan fingerprint density at radius 3 is 3.24 bits per heavy atom. The molecule has 17 heavy (non-hydrogen) atoms. The van der Waals surface area contributed by atoms with E-state index < -0.39 is 0 Å². The predicted octanol–water partition coefficient (Wildman–Crippen LogP) is 1.30. The number of aromatic nitrogens is 1. The summed E-state index contributed by atoms with van der Waals surface area (Å²) in [6.45, 7) is 1.51. The Kier molecular flexibility index (Phi) is 4.91. The van der Waals surface area contributed by atoms with Crippen LogP contribution in [-0.2, 0) is 17.7 Å². The number of methoxy groups -OCH3 is 1. The van der Waals surface area contributed by atoms with E-state index in [1.807, 2.05) is 0 Å². The maximum absolute atomic E-state index is 5.51. The van der Waals surface area contributed by atoms with E-state index in [4.69, 9.17) is 10.5 Å². The Labute approximate surface area is 107 Å². The first-order chi connectivity index (χ1) is 8.33. The highest BCUT2D eigenvalue weighted by Gasteiger charge is 2.26. The van der Waals surface area contributed by atoms with Crippen LogP contribution in [0.4, 0.5) is 0 Å². The molecule has 1 aliphatic rings. The molecule has 1 heterocycles. The second kappa shape index (κ2) is 6.44. The van der Waals surface area contributed by atoms with Gasteiger partial charge in [0.2, 0.25) is 0 Å². The molecular weight excluding hydrogens is 234 g/mol. The third kappa shape index (κ3) is 3.48. The van der Waals surface area contributed by atoms with Gasteiger partial charge < -0.3 is 15.8 Å². The van der Waals surface area contributed by atoms with Crippen LogP contribution in [0.1, 0.15) is 30.0 Å². The maximum atomic E-state index is 5.51. The molecule has 3 N–H and O–H groups in total. The van der Waals surface area contributed by atoms with Crippen LogP contribution < -0.4 is 11.1 Å². The summed E-state index contributed by atoms with van der Waals surface area (Å²) in [5, 5.41) is 6.80. The van der Waals surface area contributed by atoms with E-state index in [2.05, 4.69) is 15.7 Å². The lowest BCUT2D eigenvalue weighted by Gasteiger charge is -2.18. The lowest BCUT2D eigenvalue weighted by atomic mass is 10.2. The number of rotatable bonds is 6. The van der Waals surface area contributed by atoms with Gasteiger partial charge in [-0.05, 0) is 25.8 Å². The van der Waals surface area contributed by atoms with Crippen LogP contribution in [0.3, 0.4) is 0 Å². The first kappa shape index (κ1) is 13.0. The fourth-order valence-electron chi connectivity index (χ4n) is 2.35. The molecule has 0 bridgehead atoms. The molecular formula is C12H21N3OS. The molecule has 96 valence electrons. The van der Waals surface area contributed by atoms with E-state index in [1.54, 1.807) is 18.4 Å². The van der Waals surface area contributed by atoms with E-state index in [1.165, 1.54) is 19.3 Å². The summed E-state index contributed by atoms with van der Waals surface area (Å²) < 4.78 is 5.46. The number of hydrogen-bond donors (Lipinski definition) is 2. The number of nitrogens with zero attached hydrogens (tertiary/aromatic N) is 1. The van der Waals surface area contributed by atoms with E-state index in [0.717, 1.165) is 23.7 Å². The number of ether oxygens (including phenoxy) is 1. The van der Waals surface area contributed by atoms with E-state index >= 15 is 0 Å². The van der Waals surface area contributed by atoms with E-state index in [0.29, 0.717) is 18.7 Å². The summed E-state index contributed by atoms with van der Waals surface area (Å²) in [4.78, 5) is 4.55. The highest BCUT2D eigenvalue weighted by Crippen LogP contribution is 2.22. The predicted molar refractivity (Wildman–Crippen MR) is 70.1 cm³/mol. The highest BCUT2D eigenvalue weighted by molar-refractivity contribution is 7.09. The van der Waals surface area contributed by atoms with Gasteiger partial charge >= 0.3 is 0 Å². The zero-order chi connectivity index (χ0) is 12.1. The smallest absolute Gasteiger partial charge is 0.0941 e. The standard InChI is InChI=1S/C12H21N3OS/c1-16-11-4-2-3-10(11)14-7-9-8-17-12(15-9)5-6-13/h8,10-11,14H,2-7,13H2,1H3. The summed E-state index contributed by atoms with van der Waals surface area (Å²) >= 11 is 1.70. The van der Waals surface area contributed by atoms with Crippen molar-refractivity contribution in [3.05, 3.63) is 16.1 Å². The lowest BCUT2D eigenvalue weighted by molar-refractivity contribution is 0.0846. The molecule has 0 aliphatic heterocycles. The molecule has 2 atom stereocenters. The number of nitrogens with one attached hydrogen (secondary N) is 1. The van der Waals surface area contributed by atoms with Gasteiger partial charge in [0.15, 0.2) is 0 Å². The van der Waals surface area contributed by atoms with E-state index in [9.17, 15) is 0 Å². The fraction of sp³-hybridized carbons (Fsp3) is 0.750. The fourth-order valence-corrected chi connectivity index (χ4v) is 3.16. The molecule has 1 saturated carbocycles. The molecule has 1 aliphatic carbocycles. The Morgan fingerprint density at radius 1 is 1.59 bits per heavy atom. The van der Waals surface area contributed by atoms with Crippen molar-refractivity contribution in [1.82, 2.24) is 10.3 Å². The first-order valence-electron chi connectivity index (χ1n) is 6.23. The van der Waals surface area contributed by atoms with Gasteiger partial charge in [-0.15, -0.1) is 11.3 Å². The molecule has 1 fully saturated rings. The molecule has 0 radical (unpaired) electrons. The van der Waals surface area contributed by atoms with Crippen LogP contribution in [0.25, 0.3) is 0 Å². The minimum absolute atomic E-state index is 0.372. The average molecular weight is 255 g/mol. The largest absolute Gasteiger partial charge is 0.380 e. The molecule has 1 aromatic heterocycles. The van der Waals surface area contributed by atoms with Gasteiger partial charge in [-0.1, -0.05) is 0 Å². The molecule has 1 aromatic rings. The lowest BCUT2D eigenvalue weighted by Crippen LogP contribution is -2.36. The zero-order valence-corrected chi connectivity index (χ0v) is 11.1. The summed E-state index contributed by atoms with van der Waals surface area (Å²) in [5.41, 5.74) is 6.64. The Hall–Kier alpha value is -0.490. The molecule has 2 unspecified atom stereocenters. The third-order valence-electron chi connectivity index (χ3n) is 3.26. The van der Waals surface area contributed by atoms with Crippen LogP contribution in [0.2, 0.25) is 0 Å². The summed E-state index contributed by atoms with van der Waals surface area (Å²) in [7, 11) is 1.80. The molecule has 4 nitrogen and oxygen atoms in total. The van der Waals surface area contributed by atoms with Gasteiger partial charge in [0.1, 0.15) is 0 Å². The van der Waals surface area contributed by atoms with Crippen molar-refractivity contribution in [1.29, 1.82) is 0 Å². The zero-order valence-electron chi connectivity index (χ0n) is 10.3. The molecule has 5 heteroatoms. The van der Waals surface area contributed by atoms with Crippen molar-refractivity contribution in [2.45, 2.75) is 44.4 Å². The second-order valence-electron chi connectivity index (χ2n) is 4.46. The Bertz CT molecular complexity index is 342. The van der Waals surface area contributed by atoms with Gasteiger partial charge in [0.25, 0.3) is 0 Å². The van der Waals surface area contributed by atoms with Crippen molar-refractivity contribution in [3.63, 3.8) is 0 Å². The van der Waals surface area contributed by atoms with Crippen LogP contribution in [-0.4, -0.2) is 30.8 Å². The van der Waals surface area contributed by atoms with Crippen molar-refractivity contribution in [2.75, 3.05) is 13.7 Å². The van der Waals surface area contributed by atoms with Crippen LogP contribution in [0, 0.1) is 0 Å². The van der Waals surface area contributed by atoms with Crippen LogP contribution >= 0.6 is 11.3 Å².